The van der Waals surface area contributed by atoms with Crippen molar-refractivity contribution < 1.29 is 19.4 Å². The zero-order chi connectivity index (χ0) is 14.4. The number of carboxylic acid groups (broad SMARTS) is 1. The Morgan fingerprint density at radius 1 is 1.56 bits per heavy atom. The van der Waals surface area contributed by atoms with Gasteiger partial charge in [0.15, 0.2) is 0 Å². The number of thiocarbonyl (C=S) groups is 1. The molecule has 0 atom stereocenters. The molecule has 0 bridgehead atoms. The Hall–Kier alpha value is -0.530. The monoisotopic (exact) mass is 310 g/mol. The van der Waals surface area contributed by atoms with Crippen LogP contribution in [0.5, 0.6) is 0 Å². The smallest absolute Gasteiger partial charge is 0.330 e. The van der Waals surface area contributed by atoms with E-state index in [0.717, 1.165) is 12.8 Å². The van der Waals surface area contributed by atoms with Gasteiger partial charge in [-0.05, 0) is 6.42 Å². The molecule has 0 aliphatic carbocycles. The fourth-order valence-corrected chi connectivity index (χ4v) is 1.58. The van der Waals surface area contributed by atoms with Crippen LogP contribution in [-0.4, -0.2) is 32.9 Å². The van der Waals surface area contributed by atoms with Crippen molar-refractivity contribution in [2.45, 2.75) is 26.2 Å². The highest BCUT2D eigenvalue weighted by molar-refractivity contribution is 8.41. The number of aliphatic carboxylic acids is 1. The van der Waals surface area contributed by atoms with Gasteiger partial charge < -0.3 is 9.84 Å². The molecule has 0 heterocycles. The summed E-state index contributed by atoms with van der Waals surface area (Å²) in [5, 5.41) is 8.14. The van der Waals surface area contributed by atoms with Gasteiger partial charge in [-0.25, -0.2) is 4.79 Å². The predicted molar refractivity (Wildman–Crippen MR) is 82.4 cm³/mol. The lowest BCUT2D eigenvalue weighted by Gasteiger charge is -1.97. The maximum Gasteiger partial charge on any atom is 0.330 e. The zero-order valence-corrected chi connectivity index (χ0v) is 12.8. The molecule has 0 aliphatic heterocycles. The summed E-state index contributed by atoms with van der Waals surface area (Å²) in [5.74, 6) is -0.618. The van der Waals surface area contributed by atoms with E-state index >= 15 is 0 Å². The first-order chi connectivity index (χ1) is 8.43. The molecule has 0 rings (SSSR count). The molecule has 0 unspecified atom stereocenters. The van der Waals surface area contributed by atoms with Gasteiger partial charge in [0.1, 0.15) is 3.53 Å². The second-order valence-electron chi connectivity index (χ2n) is 2.98. The number of ether oxygens (including phenoxy) is 1. The summed E-state index contributed by atoms with van der Waals surface area (Å²) in [5.41, 5.74) is 0. The number of rotatable bonds is 7. The molecule has 0 amide bonds. The summed E-state index contributed by atoms with van der Waals surface area (Å²) >= 11 is 9.66. The fourth-order valence-electron chi connectivity index (χ4n) is 0.602. The molecule has 0 fully saturated rings. The summed E-state index contributed by atoms with van der Waals surface area (Å²) in [4.78, 5) is 20.2. The van der Waals surface area contributed by atoms with E-state index in [1.165, 1.54) is 17.8 Å². The molecule has 0 radical (unpaired) electrons. The molecule has 0 aromatic carbocycles. The maximum absolute atomic E-state index is 10.3. The summed E-state index contributed by atoms with van der Waals surface area (Å²) in [7, 11) is 0. The van der Waals surface area contributed by atoms with Gasteiger partial charge >= 0.3 is 11.9 Å². The molecule has 104 valence electrons. The highest BCUT2D eigenvalue weighted by Crippen LogP contribution is 2.08. The third kappa shape index (κ3) is 20.8. The van der Waals surface area contributed by atoms with Gasteiger partial charge in [0.2, 0.25) is 0 Å². The SMILES string of the molecule is C=CC(=O)OCCCC.O=C(O)CCSC(=S)S. The van der Waals surface area contributed by atoms with Gasteiger partial charge in [-0.3, -0.25) is 4.79 Å². The minimum atomic E-state index is -0.799. The number of hydrogen-bond acceptors (Lipinski definition) is 5. The van der Waals surface area contributed by atoms with Crippen LogP contribution in [0.2, 0.25) is 0 Å². The van der Waals surface area contributed by atoms with E-state index in [4.69, 9.17) is 5.11 Å². The maximum atomic E-state index is 10.3. The largest absolute Gasteiger partial charge is 0.481 e. The van der Waals surface area contributed by atoms with E-state index in [2.05, 4.69) is 36.2 Å². The van der Waals surface area contributed by atoms with Crippen LogP contribution in [0.15, 0.2) is 12.7 Å². The lowest BCUT2D eigenvalue weighted by Crippen LogP contribution is -2.00. The lowest BCUT2D eigenvalue weighted by atomic mass is 10.4. The number of carbonyl (C=O) groups is 2. The minimum Gasteiger partial charge on any atom is -0.481 e. The van der Waals surface area contributed by atoms with Crippen LogP contribution in [0.25, 0.3) is 0 Å². The van der Waals surface area contributed by atoms with Gasteiger partial charge in [-0.1, -0.05) is 32.1 Å². The van der Waals surface area contributed by atoms with E-state index in [0.29, 0.717) is 15.9 Å². The molecule has 0 saturated heterocycles. The van der Waals surface area contributed by atoms with E-state index < -0.39 is 5.97 Å². The average Bonchev–Trinajstić information content (AvgIpc) is 2.29. The van der Waals surface area contributed by atoms with E-state index in [-0.39, 0.29) is 12.4 Å². The van der Waals surface area contributed by atoms with Crippen molar-refractivity contribution in [3.8, 4) is 0 Å². The molecule has 0 saturated carbocycles. The number of unbranched alkanes of at least 4 members (excludes halogenated alkanes) is 1. The second-order valence-corrected chi connectivity index (χ2v) is 5.81. The van der Waals surface area contributed by atoms with Gasteiger partial charge in [0.05, 0.1) is 13.0 Å². The summed E-state index contributed by atoms with van der Waals surface area (Å²) < 4.78 is 5.17. The van der Waals surface area contributed by atoms with E-state index in [9.17, 15) is 9.59 Å². The summed E-state index contributed by atoms with van der Waals surface area (Å²) in [6.45, 7) is 5.82. The third-order valence-corrected chi connectivity index (χ3v) is 2.85. The molecule has 0 aromatic heterocycles. The zero-order valence-electron chi connectivity index (χ0n) is 10.3. The molecule has 7 heteroatoms. The van der Waals surface area contributed by atoms with Crippen molar-refractivity contribution in [2.75, 3.05) is 12.4 Å². The number of thioether (sulfide) groups is 1. The second kappa shape index (κ2) is 14.5. The summed E-state index contributed by atoms with van der Waals surface area (Å²) in [6, 6.07) is 0. The van der Waals surface area contributed by atoms with Crippen molar-refractivity contribution >= 4 is 52.1 Å². The summed E-state index contributed by atoms with van der Waals surface area (Å²) in [6.07, 6.45) is 3.30. The molecule has 0 aliphatic rings. The molecule has 4 nitrogen and oxygen atoms in total. The third-order valence-electron chi connectivity index (χ3n) is 1.45. The quantitative estimate of drug-likeness (QED) is 0.248. The molecular weight excluding hydrogens is 292 g/mol. The fraction of sp³-hybridized carbons (Fsp3) is 0.545. The topological polar surface area (TPSA) is 63.6 Å². The number of thiol groups is 1. The van der Waals surface area contributed by atoms with Crippen LogP contribution < -0.4 is 0 Å². The highest BCUT2D eigenvalue weighted by atomic mass is 32.2. The molecule has 0 spiro atoms. The average molecular weight is 310 g/mol. The van der Waals surface area contributed by atoms with Crippen molar-refractivity contribution in [3.05, 3.63) is 12.7 Å². The highest BCUT2D eigenvalue weighted by Gasteiger charge is 1.96. The number of carbonyl (C=O) groups excluding carboxylic acids is 1. The predicted octanol–water partition coefficient (Wildman–Crippen LogP) is 2.92. The van der Waals surface area contributed by atoms with Gasteiger partial charge in [0.25, 0.3) is 0 Å². The molecule has 1 N–H and O–H groups in total. The number of carboxylic acids is 1. The van der Waals surface area contributed by atoms with Crippen LogP contribution in [-0.2, 0) is 14.3 Å². The molecule has 0 aromatic rings. The van der Waals surface area contributed by atoms with Gasteiger partial charge in [0, 0.05) is 11.8 Å². The Labute approximate surface area is 123 Å². The van der Waals surface area contributed by atoms with Crippen molar-refractivity contribution in [3.63, 3.8) is 0 Å². The Morgan fingerprint density at radius 2 is 2.17 bits per heavy atom. The van der Waals surface area contributed by atoms with Crippen molar-refractivity contribution in [1.29, 1.82) is 0 Å². The van der Waals surface area contributed by atoms with E-state index in [1.54, 1.807) is 0 Å². The Balaban J connectivity index is 0. The molecule has 18 heavy (non-hydrogen) atoms. The lowest BCUT2D eigenvalue weighted by molar-refractivity contribution is -0.138. The van der Waals surface area contributed by atoms with Gasteiger partial charge in [-0.2, -0.15) is 0 Å². The Bertz CT molecular complexity index is 265. The van der Waals surface area contributed by atoms with Gasteiger partial charge in [-0.15, -0.1) is 24.4 Å². The minimum absolute atomic E-state index is 0.144. The van der Waals surface area contributed by atoms with Crippen LogP contribution in [0.1, 0.15) is 26.2 Å². The number of hydrogen-bond donors (Lipinski definition) is 2. The van der Waals surface area contributed by atoms with Crippen LogP contribution in [0, 0.1) is 0 Å². The first-order valence-electron chi connectivity index (χ1n) is 5.30. The van der Waals surface area contributed by atoms with Crippen LogP contribution >= 0.6 is 36.6 Å². The Morgan fingerprint density at radius 3 is 2.56 bits per heavy atom. The van der Waals surface area contributed by atoms with Crippen molar-refractivity contribution in [1.82, 2.24) is 0 Å². The van der Waals surface area contributed by atoms with Crippen molar-refractivity contribution in [2.24, 2.45) is 0 Å². The van der Waals surface area contributed by atoms with Crippen LogP contribution in [0.4, 0.5) is 0 Å². The van der Waals surface area contributed by atoms with Crippen LogP contribution in [0.3, 0.4) is 0 Å². The Kier molecular flexibility index (Phi) is 16.0. The first-order valence-corrected chi connectivity index (χ1v) is 7.14. The van der Waals surface area contributed by atoms with E-state index in [1.807, 2.05) is 6.92 Å². The normalized spacial score (nSPS) is 8.78. The first kappa shape index (κ1) is 19.8. The number of esters is 1. The molecular formula is C11H18O4S3. The standard InChI is InChI=1S/C7H12O2.C4H6O2S3/c1-3-5-6-9-7(8)4-2;5-3(6)1-2-9-4(7)8/h4H,2-3,5-6H2,1H3;1-2H2,(H,5,6)(H,7,8).